The summed E-state index contributed by atoms with van der Waals surface area (Å²) in [6, 6.07) is 20.6. The van der Waals surface area contributed by atoms with Gasteiger partial charge in [-0.05, 0) is 59.5 Å². The second kappa shape index (κ2) is 9.18. The molecule has 5 nitrogen and oxygen atoms in total. The molecular weight excluding hydrogens is 420 g/mol. The third-order valence-electron chi connectivity index (χ3n) is 5.83. The fourth-order valence-electron chi connectivity index (χ4n) is 4.12. The molecule has 0 saturated carbocycles. The molecule has 1 unspecified atom stereocenters. The number of ether oxygens (including phenoxy) is 3. The van der Waals surface area contributed by atoms with Gasteiger partial charge in [0.25, 0.3) is 0 Å². The SMILES string of the molecule is COc1cccc(N=c2scc(-c3ccc4cc(OC)ccc4c3)n2CC2CCCO2)c1. The molecular formula is C26H26N2O3S. The van der Waals surface area contributed by atoms with Crippen molar-refractivity contribution in [3.05, 3.63) is 70.8 Å². The van der Waals surface area contributed by atoms with E-state index in [1.807, 2.05) is 30.3 Å². The van der Waals surface area contributed by atoms with Crippen LogP contribution in [-0.4, -0.2) is 31.5 Å². The Morgan fingerprint density at radius 3 is 2.62 bits per heavy atom. The van der Waals surface area contributed by atoms with Gasteiger partial charge in [0.15, 0.2) is 4.80 Å². The quantitative estimate of drug-likeness (QED) is 0.376. The highest BCUT2D eigenvalue weighted by atomic mass is 32.1. The van der Waals surface area contributed by atoms with Gasteiger partial charge in [-0.15, -0.1) is 11.3 Å². The molecule has 1 aromatic heterocycles. The summed E-state index contributed by atoms with van der Waals surface area (Å²) in [5, 5.41) is 4.54. The van der Waals surface area contributed by atoms with E-state index in [0.717, 1.165) is 59.1 Å². The van der Waals surface area contributed by atoms with Gasteiger partial charge in [-0.25, -0.2) is 4.99 Å². The maximum Gasteiger partial charge on any atom is 0.190 e. The molecule has 1 saturated heterocycles. The van der Waals surface area contributed by atoms with Crippen LogP contribution in [0.15, 0.2) is 71.0 Å². The third kappa shape index (κ3) is 4.29. The zero-order valence-corrected chi connectivity index (χ0v) is 19.1. The summed E-state index contributed by atoms with van der Waals surface area (Å²) in [5.41, 5.74) is 3.21. The van der Waals surface area contributed by atoms with E-state index < -0.39 is 0 Å². The molecule has 1 aliphatic heterocycles. The van der Waals surface area contributed by atoms with Crippen molar-refractivity contribution >= 4 is 27.8 Å². The number of rotatable bonds is 6. The van der Waals surface area contributed by atoms with Crippen LogP contribution in [0.4, 0.5) is 5.69 Å². The fraction of sp³-hybridized carbons (Fsp3) is 0.269. The summed E-state index contributed by atoms with van der Waals surface area (Å²) in [5.74, 6) is 1.67. The lowest BCUT2D eigenvalue weighted by Gasteiger charge is -2.14. The minimum atomic E-state index is 0.220. The second-order valence-electron chi connectivity index (χ2n) is 7.89. The largest absolute Gasteiger partial charge is 0.497 e. The lowest BCUT2D eigenvalue weighted by molar-refractivity contribution is 0.0968. The molecule has 6 heteroatoms. The van der Waals surface area contributed by atoms with Crippen LogP contribution in [0.25, 0.3) is 22.0 Å². The Kier molecular flexibility index (Phi) is 5.97. The van der Waals surface area contributed by atoms with Gasteiger partial charge < -0.3 is 18.8 Å². The van der Waals surface area contributed by atoms with Gasteiger partial charge in [0.1, 0.15) is 11.5 Å². The van der Waals surface area contributed by atoms with Crippen LogP contribution in [0.2, 0.25) is 0 Å². The van der Waals surface area contributed by atoms with E-state index in [1.54, 1.807) is 25.6 Å². The highest BCUT2D eigenvalue weighted by molar-refractivity contribution is 7.07. The van der Waals surface area contributed by atoms with Crippen LogP contribution >= 0.6 is 11.3 Å². The summed E-state index contributed by atoms with van der Waals surface area (Å²) in [6.07, 6.45) is 2.42. The average molecular weight is 447 g/mol. The van der Waals surface area contributed by atoms with E-state index in [9.17, 15) is 0 Å². The van der Waals surface area contributed by atoms with Crippen molar-refractivity contribution in [2.75, 3.05) is 20.8 Å². The van der Waals surface area contributed by atoms with Crippen LogP contribution in [0.3, 0.4) is 0 Å². The molecule has 0 N–H and O–H groups in total. The van der Waals surface area contributed by atoms with Crippen LogP contribution in [0.1, 0.15) is 12.8 Å². The number of benzene rings is 3. The van der Waals surface area contributed by atoms with Crippen LogP contribution in [0.5, 0.6) is 11.5 Å². The highest BCUT2D eigenvalue weighted by Crippen LogP contribution is 2.29. The van der Waals surface area contributed by atoms with E-state index in [4.69, 9.17) is 19.2 Å². The second-order valence-corrected chi connectivity index (χ2v) is 8.73. The first-order valence-corrected chi connectivity index (χ1v) is 11.7. The van der Waals surface area contributed by atoms with Gasteiger partial charge >= 0.3 is 0 Å². The molecule has 4 aromatic rings. The summed E-state index contributed by atoms with van der Waals surface area (Å²) in [4.78, 5) is 5.91. The number of thiazole rings is 1. The molecule has 2 heterocycles. The van der Waals surface area contributed by atoms with Gasteiger partial charge in [0.05, 0.1) is 38.2 Å². The maximum absolute atomic E-state index is 5.96. The van der Waals surface area contributed by atoms with E-state index >= 15 is 0 Å². The van der Waals surface area contributed by atoms with Crippen LogP contribution in [0, 0.1) is 0 Å². The fourth-order valence-corrected chi connectivity index (χ4v) is 5.06. The Bertz CT molecular complexity index is 1300. The number of methoxy groups -OCH3 is 2. The van der Waals surface area contributed by atoms with E-state index in [1.165, 1.54) is 10.9 Å². The molecule has 5 rings (SSSR count). The van der Waals surface area contributed by atoms with Crippen LogP contribution < -0.4 is 14.3 Å². The number of nitrogens with zero attached hydrogens (tertiary/aromatic N) is 2. The molecule has 0 radical (unpaired) electrons. The van der Waals surface area contributed by atoms with Gasteiger partial charge in [0.2, 0.25) is 0 Å². The zero-order valence-electron chi connectivity index (χ0n) is 18.3. The smallest absolute Gasteiger partial charge is 0.190 e. The Morgan fingerprint density at radius 2 is 1.81 bits per heavy atom. The molecule has 32 heavy (non-hydrogen) atoms. The molecule has 0 amide bonds. The van der Waals surface area contributed by atoms with Crippen molar-refractivity contribution in [3.63, 3.8) is 0 Å². The first kappa shape index (κ1) is 20.8. The minimum Gasteiger partial charge on any atom is -0.497 e. The van der Waals surface area contributed by atoms with Crippen molar-refractivity contribution in [3.8, 4) is 22.8 Å². The first-order chi connectivity index (χ1) is 15.7. The number of hydrogen-bond donors (Lipinski definition) is 0. The Balaban J connectivity index is 1.60. The third-order valence-corrected chi connectivity index (χ3v) is 6.69. The maximum atomic E-state index is 5.96. The van der Waals surface area contributed by atoms with Crippen LogP contribution in [-0.2, 0) is 11.3 Å². The standard InChI is InChI=1S/C26H26N2O3S/c1-29-22-6-3-5-21(15-22)27-26-28(16-24-7-4-12-31-24)25(17-32-26)20-9-8-19-14-23(30-2)11-10-18(19)13-20/h3,5-6,8-11,13-15,17,24H,4,7,12,16H2,1-2H3. The Hall–Kier alpha value is -3.09. The lowest BCUT2D eigenvalue weighted by atomic mass is 10.0. The van der Waals surface area contributed by atoms with E-state index in [-0.39, 0.29) is 6.10 Å². The predicted molar refractivity (Wildman–Crippen MR) is 129 cm³/mol. The number of aromatic nitrogens is 1. The molecule has 3 aromatic carbocycles. The first-order valence-electron chi connectivity index (χ1n) is 10.8. The Morgan fingerprint density at radius 1 is 1.00 bits per heavy atom. The molecule has 1 fully saturated rings. The van der Waals surface area contributed by atoms with E-state index in [0.29, 0.717) is 0 Å². The van der Waals surface area contributed by atoms with Crippen molar-refractivity contribution in [2.24, 2.45) is 4.99 Å². The summed E-state index contributed by atoms with van der Waals surface area (Å²) < 4.78 is 19.0. The monoisotopic (exact) mass is 446 g/mol. The summed E-state index contributed by atoms with van der Waals surface area (Å²) in [6.45, 7) is 1.63. The average Bonchev–Trinajstić information content (AvgIpc) is 3.49. The predicted octanol–water partition coefficient (Wildman–Crippen LogP) is 5.80. The minimum absolute atomic E-state index is 0.220. The Labute approximate surface area is 191 Å². The molecule has 164 valence electrons. The molecule has 0 spiro atoms. The normalized spacial score (nSPS) is 16.6. The summed E-state index contributed by atoms with van der Waals surface area (Å²) in [7, 11) is 3.37. The molecule has 1 aliphatic rings. The lowest BCUT2D eigenvalue weighted by Crippen LogP contribution is -2.24. The van der Waals surface area contributed by atoms with Crippen molar-refractivity contribution in [1.29, 1.82) is 0 Å². The van der Waals surface area contributed by atoms with Gasteiger partial charge in [-0.2, -0.15) is 0 Å². The van der Waals surface area contributed by atoms with Crippen molar-refractivity contribution < 1.29 is 14.2 Å². The number of fused-ring (bicyclic) bond motifs is 1. The van der Waals surface area contributed by atoms with Gasteiger partial charge in [-0.1, -0.05) is 24.3 Å². The highest BCUT2D eigenvalue weighted by Gasteiger charge is 2.19. The number of hydrogen-bond acceptors (Lipinski definition) is 5. The summed E-state index contributed by atoms with van der Waals surface area (Å²) >= 11 is 1.65. The van der Waals surface area contributed by atoms with Crippen molar-refractivity contribution in [2.45, 2.75) is 25.5 Å². The molecule has 0 aliphatic carbocycles. The molecule has 1 atom stereocenters. The van der Waals surface area contributed by atoms with Gasteiger partial charge in [0, 0.05) is 18.1 Å². The molecule has 0 bridgehead atoms. The van der Waals surface area contributed by atoms with Gasteiger partial charge in [-0.3, -0.25) is 0 Å². The topological polar surface area (TPSA) is 45.0 Å². The van der Waals surface area contributed by atoms with E-state index in [2.05, 4.69) is 40.3 Å². The zero-order chi connectivity index (χ0) is 21.9. The van der Waals surface area contributed by atoms with Crippen molar-refractivity contribution in [1.82, 2.24) is 4.57 Å².